The molecular weight excluding hydrogens is 290 g/mol. The third-order valence-electron chi connectivity index (χ3n) is 4.56. The lowest BCUT2D eigenvalue weighted by molar-refractivity contribution is 0.0929. The van der Waals surface area contributed by atoms with Crippen molar-refractivity contribution in [3.63, 3.8) is 0 Å². The lowest BCUT2D eigenvalue weighted by Crippen LogP contribution is -2.37. The first kappa shape index (κ1) is 14.3. The van der Waals surface area contributed by atoms with Gasteiger partial charge in [-0.25, -0.2) is 4.98 Å². The molecule has 0 atom stereocenters. The Kier molecular flexibility index (Phi) is 3.79. The molecule has 1 fully saturated rings. The number of nitrogens with zero attached hydrogens (tertiary/aromatic N) is 3. The quantitative estimate of drug-likeness (QED) is 0.742. The number of aryl methyl sites for hydroxylation is 1. The van der Waals surface area contributed by atoms with Crippen molar-refractivity contribution in [1.82, 2.24) is 14.5 Å². The van der Waals surface area contributed by atoms with Crippen molar-refractivity contribution in [2.75, 3.05) is 13.1 Å². The van der Waals surface area contributed by atoms with Crippen LogP contribution in [0.15, 0.2) is 47.3 Å². The second-order valence-electron chi connectivity index (χ2n) is 6.13. The maximum absolute atomic E-state index is 6.29. The van der Waals surface area contributed by atoms with E-state index in [0.717, 1.165) is 44.1 Å². The molecule has 5 nitrogen and oxygen atoms in total. The molecule has 2 aromatic heterocycles. The van der Waals surface area contributed by atoms with Crippen LogP contribution in [0.1, 0.15) is 18.7 Å². The fourth-order valence-corrected chi connectivity index (χ4v) is 3.26. The largest absolute Gasteiger partial charge is 0.490 e. The molecule has 0 saturated carbocycles. The minimum absolute atomic E-state index is 0.279. The van der Waals surface area contributed by atoms with E-state index in [0.29, 0.717) is 0 Å². The maximum atomic E-state index is 6.29. The summed E-state index contributed by atoms with van der Waals surface area (Å²) in [4.78, 5) is 6.56. The topological polar surface area (TPSA) is 43.4 Å². The van der Waals surface area contributed by atoms with Crippen LogP contribution in [-0.4, -0.2) is 33.6 Å². The Morgan fingerprint density at radius 2 is 2.13 bits per heavy atom. The van der Waals surface area contributed by atoms with Gasteiger partial charge in [-0.15, -0.1) is 0 Å². The zero-order valence-corrected chi connectivity index (χ0v) is 13.3. The molecular formula is C18H21N3O2. The molecule has 4 rings (SSSR count). The van der Waals surface area contributed by atoms with Crippen molar-refractivity contribution in [2.45, 2.75) is 25.5 Å². The van der Waals surface area contributed by atoms with Gasteiger partial charge in [0.05, 0.1) is 18.3 Å². The normalized spacial score (nSPS) is 16.9. The van der Waals surface area contributed by atoms with Crippen molar-refractivity contribution >= 4 is 10.9 Å². The van der Waals surface area contributed by atoms with Gasteiger partial charge in [0.1, 0.15) is 18.1 Å². The molecule has 23 heavy (non-hydrogen) atoms. The van der Waals surface area contributed by atoms with Crippen molar-refractivity contribution in [3.8, 4) is 5.75 Å². The number of benzene rings is 1. The van der Waals surface area contributed by atoms with Gasteiger partial charge in [-0.1, -0.05) is 6.07 Å². The summed E-state index contributed by atoms with van der Waals surface area (Å²) >= 11 is 0. The molecule has 1 aliphatic heterocycles. The van der Waals surface area contributed by atoms with Crippen LogP contribution in [0.3, 0.4) is 0 Å². The molecule has 0 aliphatic carbocycles. The van der Waals surface area contributed by atoms with Gasteiger partial charge in [-0.3, -0.25) is 4.90 Å². The highest BCUT2D eigenvalue weighted by atomic mass is 16.5. The molecule has 5 heteroatoms. The summed E-state index contributed by atoms with van der Waals surface area (Å²) in [5, 5.41) is 1.19. The maximum Gasteiger partial charge on any atom is 0.208 e. The van der Waals surface area contributed by atoms with E-state index in [1.165, 1.54) is 10.9 Å². The first-order valence-corrected chi connectivity index (χ1v) is 8.11. The zero-order chi connectivity index (χ0) is 15.6. The molecule has 120 valence electrons. The van der Waals surface area contributed by atoms with Crippen molar-refractivity contribution in [1.29, 1.82) is 0 Å². The number of rotatable bonds is 4. The van der Waals surface area contributed by atoms with Gasteiger partial charge in [0.2, 0.25) is 5.89 Å². The predicted octanol–water partition coefficient (Wildman–Crippen LogP) is 3.21. The van der Waals surface area contributed by atoms with Crippen LogP contribution < -0.4 is 4.74 Å². The summed E-state index contributed by atoms with van der Waals surface area (Å²) < 4.78 is 13.7. The van der Waals surface area contributed by atoms with Crippen LogP contribution in [0.4, 0.5) is 0 Å². The zero-order valence-electron chi connectivity index (χ0n) is 13.3. The number of hydrogen-bond donors (Lipinski definition) is 0. The van der Waals surface area contributed by atoms with Gasteiger partial charge >= 0.3 is 0 Å². The van der Waals surface area contributed by atoms with Gasteiger partial charge in [0, 0.05) is 31.7 Å². The second kappa shape index (κ2) is 6.08. The van der Waals surface area contributed by atoms with E-state index in [2.05, 4.69) is 52.0 Å². The lowest BCUT2D eigenvalue weighted by atomic mass is 10.1. The molecule has 0 radical (unpaired) electrons. The first-order valence-electron chi connectivity index (χ1n) is 8.11. The molecule has 1 saturated heterocycles. The van der Waals surface area contributed by atoms with Crippen LogP contribution in [0.2, 0.25) is 0 Å². The summed E-state index contributed by atoms with van der Waals surface area (Å²) in [6.45, 7) is 2.81. The Labute approximate surface area is 135 Å². The molecule has 1 aliphatic rings. The number of aromatic nitrogens is 2. The molecule has 0 N–H and O–H groups in total. The van der Waals surface area contributed by atoms with Gasteiger partial charge in [0.15, 0.2) is 0 Å². The van der Waals surface area contributed by atoms with Crippen molar-refractivity contribution in [3.05, 3.63) is 48.8 Å². The predicted molar refractivity (Wildman–Crippen MR) is 88.3 cm³/mol. The summed E-state index contributed by atoms with van der Waals surface area (Å²) in [6.07, 6.45) is 7.75. The number of oxazole rings is 1. The molecule has 3 aromatic rings. The molecule has 0 unspecified atom stereocenters. The average Bonchev–Trinajstić information content (AvgIpc) is 3.20. The molecule has 0 spiro atoms. The highest BCUT2D eigenvalue weighted by Crippen LogP contribution is 2.28. The highest BCUT2D eigenvalue weighted by molar-refractivity contribution is 5.86. The standard InChI is InChI=1S/C18H21N3O2/c1-20-9-7-15-16(20)3-2-4-17(15)23-14-5-10-21(11-6-14)13-18-19-8-12-22-18/h2-4,7-9,12,14H,5-6,10-11,13H2,1H3. The fourth-order valence-electron chi connectivity index (χ4n) is 3.26. The van der Waals surface area contributed by atoms with Gasteiger partial charge in [0.25, 0.3) is 0 Å². The van der Waals surface area contributed by atoms with Crippen LogP contribution in [0.25, 0.3) is 10.9 Å². The summed E-state index contributed by atoms with van der Waals surface area (Å²) in [7, 11) is 2.06. The molecule has 0 amide bonds. The fraction of sp³-hybridized carbons (Fsp3) is 0.389. The Balaban J connectivity index is 1.39. The van der Waals surface area contributed by atoms with Gasteiger partial charge in [-0.2, -0.15) is 0 Å². The number of fused-ring (bicyclic) bond motifs is 1. The monoisotopic (exact) mass is 311 g/mol. The molecule has 3 heterocycles. The molecule has 1 aromatic carbocycles. The third-order valence-corrected chi connectivity index (χ3v) is 4.56. The average molecular weight is 311 g/mol. The summed E-state index contributed by atoms with van der Waals surface area (Å²) in [5.41, 5.74) is 1.21. The number of hydrogen-bond acceptors (Lipinski definition) is 4. The van der Waals surface area contributed by atoms with Crippen LogP contribution in [0, 0.1) is 0 Å². The van der Waals surface area contributed by atoms with Crippen LogP contribution in [0.5, 0.6) is 5.75 Å². The van der Waals surface area contributed by atoms with E-state index in [9.17, 15) is 0 Å². The van der Waals surface area contributed by atoms with E-state index in [1.54, 1.807) is 12.5 Å². The van der Waals surface area contributed by atoms with E-state index < -0.39 is 0 Å². The van der Waals surface area contributed by atoms with E-state index in [-0.39, 0.29) is 6.10 Å². The third kappa shape index (κ3) is 2.97. The van der Waals surface area contributed by atoms with Crippen LogP contribution >= 0.6 is 0 Å². The number of ether oxygens (including phenoxy) is 1. The lowest BCUT2D eigenvalue weighted by Gasteiger charge is -2.31. The Morgan fingerprint density at radius 1 is 1.26 bits per heavy atom. The molecule has 0 bridgehead atoms. The second-order valence-corrected chi connectivity index (χ2v) is 6.13. The SMILES string of the molecule is Cn1ccc2c(OC3CCN(Cc4ncco4)CC3)cccc21. The number of piperidine rings is 1. The van der Waals surface area contributed by atoms with Gasteiger partial charge < -0.3 is 13.7 Å². The van der Waals surface area contributed by atoms with Crippen LogP contribution in [-0.2, 0) is 13.6 Å². The van der Waals surface area contributed by atoms with E-state index in [4.69, 9.17) is 9.15 Å². The van der Waals surface area contributed by atoms with Crippen molar-refractivity contribution < 1.29 is 9.15 Å². The first-order chi connectivity index (χ1) is 11.3. The summed E-state index contributed by atoms with van der Waals surface area (Å²) in [6, 6.07) is 8.39. The highest BCUT2D eigenvalue weighted by Gasteiger charge is 2.22. The van der Waals surface area contributed by atoms with Crippen molar-refractivity contribution in [2.24, 2.45) is 7.05 Å². The van der Waals surface area contributed by atoms with E-state index >= 15 is 0 Å². The van der Waals surface area contributed by atoms with Gasteiger partial charge in [-0.05, 0) is 31.0 Å². The smallest absolute Gasteiger partial charge is 0.208 e. The summed E-state index contributed by atoms with van der Waals surface area (Å²) in [5.74, 6) is 1.78. The van der Waals surface area contributed by atoms with E-state index in [1.807, 2.05) is 0 Å². The number of likely N-dealkylation sites (tertiary alicyclic amines) is 1. The minimum Gasteiger partial charge on any atom is -0.490 e. The Hall–Kier alpha value is -2.27. The Morgan fingerprint density at radius 3 is 2.91 bits per heavy atom. The minimum atomic E-state index is 0.279. The Bertz CT molecular complexity index is 771.